The van der Waals surface area contributed by atoms with E-state index >= 15 is 0 Å². The van der Waals surface area contributed by atoms with E-state index < -0.39 is 67.4 Å². The quantitative estimate of drug-likeness (QED) is 0.0195. The van der Waals surface area contributed by atoms with Gasteiger partial charge in [0.2, 0.25) is 5.91 Å². The van der Waals surface area contributed by atoms with Crippen LogP contribution < -0.4 is 5.32 Å². The van der Waals surface area contributed by atoms with Gasteiger partial charge in [0.15, 0.2) is 12.4 Å². The average Bonchev–Trinajstić information content (AvgIpc) is 3.37. The first kappa shape index (κ1) is 67.2. The van der Waals surface area contributed by atoms with E-state index in [1.165, 1.54) is 180 Å². The van der Waals surface area contributed by atoms with Gasteiger partial charge in [-0.1, -0.05) is 251 Å². The largest absolute Gasteiger partial charge is 0.454 e. The lowest BCUT2D eigenvalue weighted by atomic mass is 9.99. The van der Waals surface area contributed by atoms with Crippen LogP contribution in [-0.2, 0) is 23.8 Å². The Kier molecular flexibility index (Phi) is 46.4. The van der Waals surface area contributed by atoms with Crippen molar-refractivity contribution in [3.8, 4) is 0 Å². The number of rotatable bonds is 51. The molecule has 11 nitrogen and oxygen atoms in total. The van der Waals surface area contributed by atoms with Crippen molar-refractivity contribution in [1.82, 2.24) is 5.32 Å². The molecule has 8 atom stereocenters. The van der Waals surface area contributed by atoms with Gasteiger partial charge in [-0.05, 0) is 51.4 Å². The van der Waals surface area contributed by atoms with Gasteiger partial charge in [-0.15, -0.1) is 0 Å². The number of carbonyl (C=O) groups excluding carboxylic acids is 2. The summed E-state index contributed by atoms with van der Waals surface area (Å²) < 4.78 is 17.6. The lowest BCUT2D eigenvalue weighted by Crippen LogP contribution is -2.61. The zero-order chi connectivity index (χ0) is 51.8. The van der Waals surface area contributed by atoms with Gasteiger partial charge in [0.1, 0.15) is 24.4 Å². The second-order valence-corrected chi connectivity index (χ2v) is 21.1. The number of allylic oxidation sites excluding steroid dienone is 3. The molecule has 1 saturated heterocycles. The summed E-state index contributed by atoms with van der Waals surface area (Å²) in [7, 11) is 0. The maximum absolute atomic E-state index is 13.3. The van der Waals surface area contributed by atoms with Gasteiger partial charge in [-0.2, -0.15) is 0 Å². The van der Waals surface area contributed by atoms with Gasteiger partial charge in [0.05, 0.1) is 25.4 Å². The fourth-order valence-corrected chi connectivity index (χ4v) is 9.53. The van der Waals surface area contributed by atoms with Crippen LogP contribution in [-0.4, -0.2) is 99.6 Å². The first-order valence-corrected chi connectivity index (χ1v) is 30.1. The molecule has 71 heavy (non-hydrogen) atoms. The molecule has 0 saturated carbocycles. The van der Waals surface area contributed by atoms with Crippen LogP contribution in [0.4, 0.5) is 0 Å². The number of ether oxygens (including phenoxy) is 3. The van der Waals surface area contributed by atoms with Crippen LogP contribution in [0.2, 0.25) is 0 Å². The fraction of sp³-hybridized carbons (Fsp3) is 0.900. The molecular weight excluding hydrogens is 895 g/mol. The van der Waals surface area contributed by atoms with E-state index in [-0.39, 0.29) is 13.0 Å². The second-order valence-electron chi connectivity index (χ2n) is 21.1. The molecule has 8 unspecified atom stereocenters. The highest BCUT2D eigenvalue weighted by Gasteiger charge is 2.47. The van der Waals surface area contributed by atoms with Crippen molar-refractivity contribution in [3.63, 3.8) is 0 Å². The van der Waals surface area contributed by atoms with Crippen LogP contribution in [0.1, 0.15) is 284 Å². The summed E-state index contributed by atoms with van der Waals surface area (Å²) in [5, 5.41) is 56.8. The Labute approximate surface area is 435 Å². The van der Waals surface area contributed by atoms with Gasteiger partial charge in [-0.25, -0.2) is 0 Å². The molecule has 0 aromatic carbocycles. The molecular formula is C60H113NO10. The molecule has 0 aromatic heterocycles. The molecule has 11 heteroatoms. The number of hydrogen-bond acceptors (Lipinski definition) is 10. The topological polar surface area (TPSA) is 175 Å². The molecule has 0 radical (unpaired) electrons. The molecule has 1 rings (SSSR count). The van der Waals surface area contributed by atoms with Gasteiger partial charge in [0.25, 0.3) is 0 Å². The summed E-state index contributed by atoms with van der Waals surface area (Å²) in [4.78, 5) is 26.4. The van der Waals surface area contributed by atoms with E-state index in [1.807, 2.05) is 6.08 Å². The standard InChI is InChI=1S/C60H113NO10/c1-4-7-10-13-16-19-22-24-25-26-27-28-29-31-33-36-39-42-45-48-55(65)71-58-57(67)56(66)54(49-62)70-60(58)69-50-51(52(63)46-43-40-37-35-32-30-23-20-17-14-11-8-5-2)61-59(68)53(64)47-44-41-38-34-21-18-15-12-9-6-3/h24-25,43,46,51-54,56-58,60,62-64,66-67H,4-23,26-42,44-45,47-50H2,1-3H3,(H,61,68)/b25-24+,46-43+. The highest BCUT2D eigenvalue weighted by Crippen LogP contribution is 2.26. The molecule has 1 aliphatic heterocycles. The molecule has 1 aliphatic rings. The number of aliphatic hydroxyl groups is 5. The van der Waals surface area contributed by atoms with Crippen molar-refractivity contribution < 1.29 is 49.3 Å². The zero-order valence-corrected chi connectivity index (χ0v) is 46.1. The summed E-state index contributed by atoms with van der Waals surface area (Å²) in [6.45, 7) is 5.78. The second kappa shape index (κ2) is 49.0. The summed E-state index contributed by atoms with van der Waals surface area (Å²) >= 11 is 0. The summed E-state index contributed by atoms with van der Waals surface area (Å²) in [6, 6.07) is -1.02. The summed E-state index contributed by atoms with van der Waals surface area (Å²) in [6.07, 6.45) is 45.1. The molecule has 0 aromatic rings. The number of amides is 1. The first-order chi connectivity index (χ1) is 34.7. The van der Waals surface area contributed by atoms with Gasteiger partial charge >= 0.3 is 5.97 Å². The lowest BCUT2D eigenvalue weighted by Gasteiger charge is -2.41. The smallest absolute Gasteiger partial charge is 0.306 e. The average molecular weight is 1010 g/mol. The lowest BCUT2D eigenvalue weighted by molar-refractivity contribution is -0.305. The van der Waals surface area contributed by atoms with Crippen LogP contribution in [0.3, 0.4) is 0 Å². The molecule has 1 heterocycles. The first-order valence-electron chi connectivity index (χ1n) is 30.1. The highest BCUT2D eigenvalue weighted by molar-refractivity contribution is 5.80. The Bertz CT molecular complexity index is 1250. The van der Waals surface area contributed by atoms with Crippen molar-refractivity contribution in [2.45, 2.75) is 333 Å². The van der Waals surface area contributed by atoms with E-state index in [0.29, 0.717) is 19.3 Å². The third kappa shape index (κ3) is 37.5. The van der Waals surface area contributed by atoms with Gasteiger partial charge in [0, 0.05) is 6.42 Å². The van der Waals surface area contributed by atoms with E-state index in [0.717, 1.165) is 57.8 Å². The predicted molar refractivity (Wildman–Crippen MR) is 292 cm³/mol. The van der Waals surface area contributed by atoms with E-state index in [4.69, 9.17) is 14.2 Å². The number of carbonyl (C=O) groups is 2. The Balaban J connectivity index is 2.67. The minimum atomic E-state index is -1.61. The van der Waals surface area contributed by atoms with Crippen LogP contribution >= 0.6 is 0 Å². The van der Waals surface area contributed by atoms with Gasteiger partial charge < -0.3 is 45.1 Å². The number of unbranched alkanes of at least 4 members (excludes halogenated alkanes) is 35. The third-order valence-electron chi connectivity index (χ3n) is 14.4. The summed E-state index contributed by atoms with van der Waals surface area (Å²) in [5.74, 6) is -1.19. The highest BCUT2D eigenvalue weighted by atomic mass is 16.7. The molecule has 418 valence electrons. The van der Waals surface area contributed by atoms with Gasteiger partial charge in [-0.3, -0.25) is 9.59 Å². The van der Waals surface area contributed by atoms with E-state index in [9.17, 15) is 35.1 Å². The predicted octanol–water partition coefficient (Wildman–Crippen LogP) is 13.7. The zero-order valence-electron chi connectivity index (χ0n) is 46.1. The number of nitrogens with one attached hydrogen (secondary N) is 1. The Morgan fingerprint density at radius 2 is 0.930 bits per heavy atom. The van der Waals surface area contributed by atoms with E-state index in [2.05, 4.69) is 38.2 Å². The third-order valence-corrected chi connectivity index (χ3v) is 14.4. The molecule has 1 fully saturated rings. The monoisotopic (exact) mass is 1010 g/mol. The minimum absolute atomic E-state index is 0.125. The molecule has 1 amide bonds. The van der Waals surface area contributed by atoms with Crippen molar-refractivity contribution >= 4 is 11.9 Å². The molecule has 0 spiro atoms. The van der Waals surface area contributed by atoms with Crippen LogP contribution in [0.5, 0.6) is 0 Å². The number of esters is 1. The Hall–Kier alpha value is -1.86. The van der Waals surface area contributed by atoms with Crippen molar-refractivity contribution in [3.05, 3.63) is 24.3 Å². The summed E-state index contributed by atoms with van der Waals surface area (Å²) in [5.41, 5.74) is 0. The maximum atomic E-state index is 13.3. The van der Waals surface area contributed by atoms with Crippen LogP contribution in [0.15, 0.2) is 24.3 Å². The van der Waals surface area contributed by atoms with Crippen LogP contribution in [0, 0.1) is 0 Å². The van der Waals surface area contributed by atoms with Crippen molar-refractivity contribution in [2.75, 3.05) is 13.2 Å². The number of hydrogen-bond donors (Lipinski definition) is 6. The number of aliphatic hydroxyl groups excluding tert-OH is 5. The fourth-order valence-electron chi connectivity index (χ4n) is 9.53. The van der Waals surface area contributed by atoms with Crippen molar-refractivity contribution in [2.24, 2.45) is 0 Å². The van der Waals surface area contributed by atoms with E-state index in [1.54, 1.807) is 6.08 Å². The minimum Gasteiger partial charge on any atom is -0.454 e. The molecule has 6 N–H and O–H groups in total. The molecule has 0 aliphatic carbocycles. The molecule has 0 bridgehead atoms. The Morgan fingerprint density at radius 1 is 0.535 bits per heavy atom. The maximum Gasteiger partial charge on any atom is 0.306 e. The van der Waals surface area contributed by atoms with Crippen molar-refractivity contribution in [1.29, 1.82) is 0 Å². The SMILES string of the molecule is CCCCCCCC/C=C/CCCCCCCCCCCC(=O)OC1C(OCC(NC(=O)C(O)CCCCCCCCCCCC)C(O)/C=C/CCCCCCCCCCCCC)OC(CO)C(O)C1O. The normalized spacial score (nSPS) is 19.7. The Morgan fingerprint density at radius 3 is 1.37 bits per heavy atom. The van der Waals surface area contributed by atoms with Crippen LogP contribution in [0.25, 0.3) is 0 Å².